The van der Waals surface area contributed by atoms with E-state index in [4.69, 9.17) is 9.97 Å². The fourth-order valence-electron chi connectivity index (χ4n) is 9.39. The predicted octanol–water partition coefficient (Wildman–Crippen LogP) is 7.95. The van der Waals surface area contributed by atoms with Crippen molar-refractivity contribution in [2.75, 3.05) is 53.4 Å². The standard InChI is InChI=1S/C45H57FN8O4S2/c1-5-25-60(57,58)52-35-8-6-7-34(38(35)46)39-40(59-42(51-39)44(2,3)4)36-15-20-47-43(49-36)48-31-26-45(27-31)18-23-53(24-19-45)28-29-16-21-54(22-17-29)32-11-9-30(10-12-32)33-13-14-37(55)50-41(33)56/h6-12,15,20,29,31,33,52H,5,13-14,16-19,21-28H2,1-4H3,(H,47,48,49)(H,50,55,56)/t33-/m1/s1. The number of likely N-dealkylation sites (tertiary alicyclic amines) is 1. The van der Waals surface area contributed by atoms with Gasteiger partial charge in [0.15, 0.2) is 5.82 Å². The largest absolute Gasteiger partial charge is 0.372 e. The lowest BCUT2D eigenvalue weighted by Crippen LogP contribution is -2.52. The van der Waals surface area contributed by atoms with Gasteiger partial charge >= 0.3 is 0 Å². The van der Waals surface area contributed by atoms with Crippen molar-refractivity contribution in [2.24, 2.45) is 11.3 Å². The molecule has 60 heavy (non-hydrogen) atoms. The van der Waals surface area contributed by atoms with Crippen LogP contribution in [0, 0.1) is 17.2 Å². The first kappa shape index (κ1) is 42.2. The number of amides is 2. The van der Waals surface area contributed by atoms with Crippen molar-refractivity contribution >= 4 is 50.5 Å². The number of carbonyl (C=O) groups is 2. The maximum Gasteiger partial charge on any atom is 0.234 e. The lowest BCUT2D eigenvalue weighted by atomic mass is 9.60. The number of piperidine rings is 3. The minimum absolute atomic E-state index is 0.0955. The molecular formula is C45H57FN8O4S2. The van der Waals surface area contributed by atoms with Gasteiger partial charge in [0.2, 0.25) is 27.8 Å². The van der Waals surface area contributed by atoms with Gasteiger partial charge < -0.3 is 15.1 Å². The van der Waals surface area contributed by atoms with Crippen LogP contribution in [0.5, 0.6) is 0 Å². The molecule has 1 spiro atoms. The first-order valence-electron chi connectivity index (χ1n) is 21.5. The molecule has 3 N–H and O–H groups in total. The van der Waals surface area contributed by atoms with Gasteiger partial charge in [-0.05, 0) is 112 Å². The molecule has 2 aromatic heterocycles. The second-order valence-corrected chi connectivity index (χ2v) is 21.2. The third-order valence-electron chi connectivity index (χ3n) is 12.8. The molecule has 3 saturated heterocycles. The average Bonchev–Trinajstić information content (AvgIpc) is 3.66. The van der Waals surface area contributed by atoms with Gasteiger partial charge in [-0.1, -0.05) is 45.9 Å². The normalized spacial score (nSPS) is 20.6. The van der Waals surface area contributed by atoms with Gasteiger partial charge in [-0.25, -0.2) is 27.8 Å². The van der Waals surface area contributed by atoms with Gasteiger partial charge in [-0.3, -0.25) is 19.6 Å². The zero-order chi connectivity index (χ0) is 42.2. The number of nitrogens with one attached hydrogen (secondary N) is 3. The summed E-state index contributed by atoms with van der Waals surface area (Å²) in [6.45, 7) is 13.4. The number of hydrogen-bond donors (Lipinski definition) is 3. The molecule has 1 aliphatic carbocycles. The van der Waals surface area contributed by atoms with Crippen LogP contribution in [0.2, 0.25) is 0 Å². The van der Waals surface area contributed by atoms with Crippen molar-refractivity contribution in [3.8, 4) is 21.8 Å². The van der Waals surface area contributed by atoms with Gasteiger partial charge in [0, 0.05) is 55.0 Å². The van der Waals surface area contributed by atoms with Crippen LogP contribution in [0.25, 0.3) is 21.8 Å². The Labute approximate surface area is 357 Å². The number of hydrogen-bond acceptors (Lipinski definition) is 11. The summed E-state index contributed by atoms with van der Waals surface area (Å²) < 4.78 is 43.6. The molecule has 1 saturated carbocycles. The minimum Gasteiger partial charge on any atom is -0.372 e. The number of anilines is 3. The second-order valence-electron chi connectivity index (χ2n) is 18.4. The number of benzene rings is 2. The highest BCUT2D eigenvalue weighted by Gasteiger charge is 2.46. The van der Waals surface area contributed by atoms with Crippen LogP contribution in [-0.2, 0) is 25.0 Å². The fraction of sp³-hybridized carbons (Fsp3) is 0.533. The first-order valence-corrected chi connectivity index (χ1v) is 24.0. The molecule has 0 radical (unpaired) electrons. The summed E-state index contributed by atoms with van der Waals surface area (Å²) in [5.74, 6) is -0.150. The second kappa shape index (κ2) is 17.1. The molecular weight excluding hydrogens is 800 g/mol. The predicted molar refractivity (Wildman–Crippen MR) is 236 cm³/mol. The first-order chi connectivity index (χ1) is 28.7. The van der Waals surface area contributed by atoms with E-state index >= 15 is 4.39 Å². The van der Waals surface area contributed by atoms with Gasteiger partial charge in [-0.2, -0.15) is 0 Å². The summed E-state index contributed by atoms with van der Waals surface area (Å²) >= 11 is 1.47. The van der Waals surface area contributed by atoms with Crippen LogP contribution in [0.4, 0.5) is 21.7 Å². The molecule has 4 aliphatic rings. The number of rotatable bonds is 12. The number of nitrogens with zero attached hydrogens (tertiary/aromatic N) is 5. The maximum atomic E-state index is 16.1. The van der Waals surface area contributed by atoms with Gasteiger partial charge in [0.25, 0.3) is 0 Å². The van der Waals surface area contributed by atoms with E-state index < -0.39 is 15.8 Å². The maximum absolute atomic E-state index is 16.1. The van der Waals surface area contributed by atoms with E-state index in [-0.39, 0.29) is 46.2 Å². The van der Waals surface area contributed by atoms with E-state index in [2.05, 4.69) is 63.0 Å². The molecule has 3 aliphatic heterocycles. The van der Waals surface area contributed by atoms with Crippen molar-refractivity contribution in [3.63, 3.8) is 0 Å². The van der Waals surface area contributed by atoms with Crippen molar-refractivity contribution in [1.82, 2.24) is 25.2 Å². The molecule has 0 bridgehead atoms. The molecule has 8 rings (SSSR count). The van der Waals surface area contributed by atoms with E-state index in [1.165, 1.54) is 48.8 Å². The molecule has 2 amide bonds. The van der Waals surface area contributed by atoms with Crippen LogP contribution in [-0.4, -0.2) is 84.6 Å². The molecule has 12 nitrogen and oxygen atoms in total. The van der Waals surface area contributed by atoms with Gasteiger partial charge in [0.1, 0.15) is 0 Å². The highest BCUT2D eigenvalue weighted by Crippen LogP contribution is 2.50. The van der Waals surface area contributed by atoms with Crippen molar-refractivity contribution in [1.29, 1.82) is 0 Å². The Bertz CT molecular complexity index is 2310. The Kier molecular flexibility index (Phi) is 12.1. The van der Waals surface area contributed by atoms with Crippen LogP contribution in [0.1, 0.15) is 102 Å². The zero-order valence-electron chi connectivity index (χ0n) is 35.1. The smallest absolute Gasteiger partial charge is 0.234 e. The third kappa shape index (κ3) is 9.37. The monoisotopic (exact) mass is 856 g/mol. The topological polar surface area (TPSA) is 150 Å². The number of carbonyl (C=O) groups excluding carboxylic acids is 2. The number of sulfonamides is 1. The molecule has 320 valence electrons. The van der Waals surface area contributed by atoms with E-state index in [1.807, 2.05) is 18.2 Å². The van der Waals surface area contributed by atoms with Crippen LogP contribution in [0.15, 0.2) is 54.7 Å². The third-order valence-corrected chi connectivity index (χ3v) is 15.8. The lowest BCUT2D eigenvalue weighted by molar-refractivity contribution is -0.134. The SMILES string of the molecule is CCCS(=O)(=O)Nc1cccc(-c2nc(C(C)(C)C)sc2-c2ccnc(NC3CC4(CCN(CC5CCN(c6ccc([C@H]7CCC(=O)NC7=O)cc6)CC5)CC4)C3)n2)c1F. The summed E-state index contributed by atoms with van der Waals surface area (Å²) in [7, 11) is -3.69. The Hall–Kier alpha value is -4.47. The molecule has 1 atom stereocenters. The van der Waals surface area contributed by atoms with E-state index in [1.54, 1.807) is 25.3 Å². The van der Waals surface area contributed by atoms with Crippen molar-refractivity contribution in [3.05, 3.63) is 71.1 Å². The highest BCUT2D eigenvalue weighted by molar-refractivity contribution is 7.92. The molecule has 2 aromatic carbocycles. The Morgan fingerprint density at radius 2 is 1.70 bits per heavy atom. The van der Waals surface area contributed by atoms with Crippen molar-refractivity contribution < 1.29 is 22.4 Å². The zero-order valence-corrected chi connectivity index (χ0v) is 36.7. The summed E-state index contributed by atoms with van der Waals surface area (Å²) in [5, 5.41) is 6.89. The molecule has 0 unspecified atom stereocenters. The summed E-state index contributed by atoms with van der Waals surface area (Å²) in [5.41, 5.74) is 3.42. The Morgan fingerprint density at radius 3 is 2.38 bits per heavy atom. The van der Waals surface area contributed by atoms with Crippen LogP contribution >= 0.6 is 11.3 Å². The fourth-order valence-corrected chi connectivity index (χ4v) is 11.6. The van der Waals surface area contributed by atoms with Crippen molar-refractivity contribution in [2.45, 2.75) is 103 Å². The van der Waals surface area contributed by atoms with E-state index in [0.29, 0.717) is 52.8 Å². The highest BCUT2D eigenvalue weighted by atomic mass is 32.2. The number of imide groups is 1. The lowest BCUT2D eigenvalue weighted by Gasteiger charge is -2.52. The summed E-state index contributed by atoms with van der Waals surface area (Å²) in [6, 6.07) is 15.2. The molecule has 4 aromatic rings. The summed E-state index contributed by atoms with van der Waals surface area (Å²) in [4.78, 5) is 44.1. The van der Waals surface area contributed by atoms with Gasteiger partial charge in [-0.15, -0.1) is 11.3 Å². The minimum atomic E-state index is -3.69. The van der Waals surface area contributed by atoms with E-state index in [0.717, 1.165) is 56.1 Å². The van der Waals surface area contributed by atoms with Gasteiger partial charge in [0.05, 0.1) is 38.6 Å². The number of thiazole rings is 1. The number of aromatic nitrogens is 3. The number of halogens is 1. The summed E-state index contributed by atoms with van der Waals surface area (Å²) in [6.07, 6.45) is 10.0. The molecule has 15 heteroatoms. The average molecular weight is 857 g/mol. The molecule has 5 heterocycles. The molecule has 4 fully saturated rings. The Balaban J connectivity index is 0.838. The quantitative estimate of drug-likeness (QED) is 0.120. The van der Waals surface area contributed by atoms with Crippen LogP contribution < -0.4 is 20.3 Å². The van der Waals surface area contributed by atoms with Crippen LogP contribution in [0.3, 0.4) is 0 Å². The van der Waals surface area contributed by atoms with E-state index in [9.17, 15) is 18.0 Å². The Morgan fingerprint density at radius 1 is 0.967 bits per heavy atom.